The van der Waals surface area contributed by atoms with Crippen LogP contribution in [0.5, 0.6) is 0 Å². The number of rotatable bonds is 5. The van der Waals surface area contributed by atoms with Gasteiger partial charge in [-0.05, 0) is 37.1 Å². The molecule has 0 atom stereocenters. The molecule has 18 heavy (non-hydrogen) atoms. The quantitative estimate of drug-likeness (QED) is 0.406. The average molecular weight is 236 g/mol. The van der Waals surface area contributed by atoms with Crippen molar-refractivity contribution < 1.29 is 4.79 Å². The number of ketones is 1. The standard InChI is InChI=1S/C17H16O/c1-5-15(3)11-8-7-9-13-17(18)14-10-12-16(4)6-2/h1-2,7-14H,3-4H3/b8-7+,13-9+,14-10+,15-11-,16-12-. The van der Waals surface area contributed by atoms with E-state index in [-0.39, 0.29) is 5.78 Å². The third-order valence-electron chi connectivity index (χ3n) is 1.89. The monoisotopic (exact) mass is 236 g/mol. The van der Waals surface area contributed by atoms with E-state index in [0.29, 0.717) is 0 Å². The molecule has 0 aromatic heterocycles. The summed E-state index contributed by atoms with van der Waals surface area (Å²) in [7, 11) is 0. The van der Waals surface area contributed by atoms with Gasteiger partial charge in [0, 0.05) is 0 Å². The molecule has 1 nitrogen and oxygen atoms in total. The zero-order chi connectivity index (χ0) is 13.8. The Balaban J connectivity index is 4.28. The lowest BCUT2D eigenvalue weighted by atomic mass is 10.2. The van der Waals surface area contributed by atoms with Crippen LogP contribution < -0.4 is 0 Å². The normalized spacial score (nSPS) is 13.1. The van der Waals surface area contributed by atoms with Crippen LogP contribution in [-0.2, 0) is 4.79 Å². The summed E-state index contributed by atoms with van der Waals surface area (Å²) in [6.45, 7) is 3.63. The minimum atomic E-state index is -0.0987. The fourth-order valence-corrected chi connectivity index (χ4v) is 0.854. The van der Waals surface area contributed by atoms with Crippen LogP contribution >= 0.6 is 0 Å². The van der Waals surface area contributed by atoms with E-state index < -0.39 is 0 Å². The zero-order valence-corrected chi connectivity index (χ0v) is 10.7. The highest BCUT2D eigenvalue weighted by molar-refractivity contribution is 5.99. The van der Waals surface area contributed by atoms with Crippen molar-refractivity contribution in [3.8, 4) is 24.7 Å². The Morgan fingerprint density at radius 2 is 1.33 bits per heavy atom. The van der Waals surface area contributed by atoms with Crippen molar-refractivity contribution in [3.05, 3.63) is 59.8 Å². The lowest BCUT2D eigenvalue weighted by Gasteiger charge is -1.83. The summed E-state index contributed by atoms with van der Waals surface area (Å²) in [6.07, 6.45) is 23.6. The van der Waals surface area contributed by atoms with E-state index in [1.165, 1.54) is 12.2 Å². The number of hydrogen-bond acceptors (Lipinski definition) is 1. The lowest BCUT2D eigenvalue weighted by Crippen LogP contribution is -1.83. The van der Waals surface area contributed by atoms with E-state index in [1.807, 2.05) is 6.92 Å². The van der Waals surface area contributed by atoms with Gasteiger partial charge in [0.05, 0.1) is 0 Å². The van der Waals surface area contributed by atoms with Crippen molar-refractivity contribution in [1.82, 2.24) is 0 Å². The highest BCUT2D eigenvalue weighted by atomic mass is 16.1. The number of terminal acetylenes is 2. The largest absolute Gasteiger partial charge is 0.290 e. The minimum absolute atomic E-state index is 0.0987. The van der Waals surface area contributed by atoms with Gasteiger partial charge in [0.1, 0.15) is 0 Å². The molecule has 0 saturated carbocycles. The van der Waals surface area contributed by atoms with Gasteiger partial charge in [0.15, 0.2) is 5.78 Å². The summed E-state index contributed by atoms with van der Waals surface area (Å²) >= 11 is 0. The molecule has 0 heterocycles. The lowest BCUT2D eigenvalue weighted by molar-refractivity contribution is -0.110. The summed E-state index contributed by atoms with van der Waals surface area (Å²) in [5, 5.41) is 0. The zero-order valence-electron chi connectivity index (χ0n) is 10.7. The molecule has 0 aliphatic heterocycles. The Bertz CT molecular complexity index is 509. The fourth-order valence-electron chi connectivity index (χ4n) is 0.854. The van der Waals surface area contributed by atoms with Gasteiger partial charge in [-0.3, -0.25) is 4.79 Å². The highest BCUT2D eigenvalue weighted by Crippen LogP contribution is 1.92. The summed E-state index contributed by atoms with van der Waals surface area (Å²) in [4.78, 5) is 11.3. The van der Waals surface area contributed by atoms with Crippen molar-refractivity contribution in [3.63, 3.8) is 0 Å². The summed E-state index contributed by atoms with van der Waals surface area (Å²) in [6, 6.07) is 0. The molecule has 0 radical (unpaired) electrons. The van der Waals surface area contributed by atoms with Crippen LogP contribution in [0.3, 0.4) is 0 Å². The van der Waals surface area contributed by atoms with Crippen LogP contribution in [0.1, 0.15) is 13.8 Å². The van der Waals surface area contributed by atoms with Gasteiger partial charge in [0.25, 0.3) is 0 Å². The van der Waals surface area contributed by atoms with Gasteiger partial charge < -0.3 is 0 Å². The predicted octanol–water partition coefficient (Wildman–Crippen LogP) is 3.38. The van der Waals surface area contributed by atoms with Crippen LogP contribution in [0.25, 0.3) is 0 Å². The smallest absolute Gasteiger partial charge is 0.178 e. The van der Waals surface area contributed by atoms with Crippen molar-refractivity contribution in [1.29, 1.82) is 0 Å². The van der Waals surface area contributed by atoms with E-state index >= 15 is 0 Å². The van der Waals surface area contributed by atoms with Gasteiger partial charge in [-0.2, -0.15) is 0 Å². The van der Waals surface area contributed by atoms with Gasteiger partial charge in [-0.1, -0.05) is 48.3 Å². The molecule has 0 bridgehead atoms. The first-order valence-corrected chi connectivity index (χ1v) is 5.44. The molecule has 0 amide bonds. The summed E-state index contributed by atoms with van der Waals surface area (Å²) in [5.41, 5.74) is 1.61. The fraction of sp³-hybridized carbons (Fsp3) is 0.118. The van der Waals surface area contributed by atoms with Gasteiger partial charge in [0.2, 0.25) is 0 Å². The molecule has 0 aliphatic carbocycles. The van der Waals surface area contributed by atoms with Crippen molar-refractivity contribution in [2.45, 2.75) is 13.8 Å². The minimum Gasteiger partial charge on any atom is -0.290 e. The third kappa shape index (κ3) is 8.77. The van der Waals surface area contributed by atoms with Crippen LogP contribution in [0, 0.1) is 24.7 Å². The predicted molar refractivity (Wildman–Crippen MR) is 77.6 cm³/mol. The van der Waals surface area contributed by atoms with Gasteiger partial charge in [-0.25, -0.2) is 0 Å². The second kappa shape index (κ2) is 9.70. The molecular formula is C17H16O. The van der Waals surface area contributed by atoms with E-state index in [2.05, 4.69) is 11.8 Å². The second-order valence-electron chi connectivity index (χ2n) is 3.49. The molecule has 90 valence electrons. The molecule has 0 aromatic carbocycles. The molecule has 0 rings (SSSR count). The molecule has 0 fully saturated rings. The molecule has 0 aromatic rings. The van der Waals surface area contributed by atoms with Crippen molar-refractivity contribution in [2.24, 2.45) is 0 Å². The van der Waals surface area contributed by atoms with E-state index in [1.54, 1.807) is 43.4 Å². The Labute approximate surface area is 109 Å². The first-order chi connectivity index (χ1) is 8.60. The topological polar surface area (TPSA) is 17.1 Å². The molecule has 0 spiro atoms. The van der Waals surface area contributed by atoms with Gasteiger partial charge >= 0.3 is 0 Å². The summed E-state index contributed by atoms with van der Waals surface area (Å²) < 4.78 is 0. The van der Waals surface area contributed by atoms with Crippen LogP contribution in [0.15, 0.2) is 59.8 Å². The molecule has 0 N–H and O–H groups in total. The number of hydrogen-bond donors (Lipinski definition) is 0. The Kier molecular flexibility index (Phi) is 8.35. The summed E-state index contributed by atoms with van der Waals surface area (Å²) in [5.74, 6) is 4.86. The Morgan fingerprint density at radius 3 is 1.89 bits per heavy atom. The van der Waals surface area contributed by atoms with E-state index in [0.717, 1.165) is 11.1 Å². The number of allylic oxidation sites excluding steroid dienone is 10. The maximum Gasteiger partial charge on any atom is 0.178 e. The number of carbonyl (C=O) groups is 1. The molecule has 0 aliphatic rings. The van der Waals surface area contributed by atoms with Crippen LogP contribution in [0.2, 0.25) is 0 Å². The maximum absolute atomic E-state index is 11.3. The van der Waals surface area contributed by atoms with Crippen molar-refractivity contribution >= 4 is 5.78 Å². The number of carbonyl (C=O) groups excluding carboxylic acids is 1. The van der Waals surface area contributed by atoms with Crippen LogP contribution in [-0.4, -0.2) is 5.78 Å². The second-order valence-corrected chi connectivity index (χ2v) is 3.49. The molecule has 0 saturated heterocycles. The van der Waals surface area contributed by atoms with Crippen LogP contribution in [0.4, 0.5) is 0 Å². The Hall–Kier alpha value is -2.51. The molecular weight excluding hydrogens is 220 g/mol. The van der Waals surface area contributed by atoms with E-state index in [4.69, 9.17) is 12.8 Å². The van der Waals surface area contributed by atoms with E-state index in [9.17, 15) is 4.79 Å². The highest BCUT2D eigenvalue weighted by Gasteiger charge is 1.84. The SMILES string of the molecule is C#C\C(C)=C/C=C/C=C/C(=O)/C=C/C=C(/C)C#C. The third-order valence-corrected chi connectivity index (χ3v) is 1.89. The average Bonchev–Trinajstić information content (AvgIpc) is 2.37. The molecule has 1 heteroatoms. The first-order valence-electron chi connectivity index (χ1n) is 5.44. The van der Waals surface area contributed by atoms with Crippen molar-refractivity contribution in [2.75, 3.05) is 0 Å². The Morgan fingerprint density at radius 1 is 0.833 bits per heavy atom. The molecule has 0 unspecified atom stereocenters. The maximum atomic E-state index is 11.3. The first kappa shape index (κ1) is 15.5. The van der Waals surface area contributed by atoms with Gasteiger partial charge in [-0.15, -0.1) is 12.8 Å².